The number of carbonyl (C=O) groups is 2. The van der Waals surface area contributed by atoms with E-state index in [1.807, 2.05) is 22.6 Å². The molecule has 0 unspecified atom stereocenters. The van der Waals surface area contributed by atoms with Crippen LogP contribution < -0.4 is 5.32 Å². The third kappa shape index (κ3) is 2.43. The van der Waals surface area contributed by atoms with Gasteiger partial charge in [-0.05, 0) is 58.6 Å². The first kappa shape index (κ1) is 11.6. The van der Waals surface area contributed by atoms with Crippen molar-refractivity contribution in [1.29, 1.82) is 0 Å². The van der Waals surface area contributed by atoms with Gasteiger partial charge in [0, 0.05) is 9.13 Å². The Hall–Kier alpha value is -0.890. The van der Waals surface area contributed by atoms with Crippen molar-refractivity contribution in [3.63, 3.8) is 0 Å². The summed E-state index contributed by atoms with van der Waals surface area (Å²) in [7, 11) is 0. The number of nitrogens with one attached hydrogen (secondary N) is 1. The summed E-state index contributed by atoms with van der Waals surface area (Å²) >= 11 is 2.82. The number of imide groups is 1. The average Bonchev–Trinajstić information content (AvgIpc) is 2.51. The van der Waals surface area contributed by atoms with Crippen LogP contribution in [0.3, 0.4) is 0 Å². The van der Waals surface area contributed by atoms with Gasteiger partial charge >= 0.3 is 0 Å². The number of thioether (sulfide) groups is 1. The third-order valence-electron chi connectivity index (χ3n) is 1.89. The minimum atomic E-state index is -0.478. The van der Waals surface area contributed by atoms with Crippen molar-refractivity contribution in [3.8, 4) is 0 Å². The number of amides is 2. The summed E-state index contributed by atoms with van der Waals surface area (Å²) in [5.74, 6) is -0.895. The van der Waals surface area contributed by atoms with Crippen molar-refractivity contribution in [2.75, 3.05) is 0 Å². The van der Waals surface area contributed by atoms with Crippen molar-refractivity contribution in [2.24, 2.45) is 0 Å². The van der Waals surface area contributed by atoms with Gasteiger partial charge in [-0.25, -0.2) is 4.39 Å². The zero-order chi connectivity index (χ0) is 11.7. The molecule has 2 rings (SSSR count). The zero-order valence-electron chi connectivity index (χ0n) is 7.79. The number of hydrogen-bond acceptors (Lipinski definition) is 3. The highest BCUT2D eigenvalue weighted by atomic mass is 127. The molecule has 0 bridgehead atoms. The lowest BCUT2D eigenvalue weighted by atomic mass is 10.2. The number of halogens is 2. The maximum Gasteiger partial charge on any atom is 0.290 e. The first-order chi connectivity index (χ1) is 7.56. The molecular weight excluding hydrogens is 344 g/mol. The third-order valence-corrected chi connectivity index (χ3v) is 3.37. The van der Waals surface area contributed by atoms with Crippen LogP contribution in [0, 0.1) is 9.39 Å². The van der Waals surface area contributed by atoms with E-state index < -0.39 is 17.0 Å². The van der Waals surface area contributed by atoms with E-state index in [1.54, 1.807) is 12.1 Å². The smallest absolute Gasteiger partial charge is 0.282 e. The molecule has 0 radical (unpaired) electrons. The second-order valence-electron chi connectivity index (χ2n) is 3.02. The fourth-order valence-electron chi connectivity index (χ4n) is 1.19. The minimum Gasteiger partial charge on any atom is -0.282 e. The fraction of sp³-hybridized carbons (Fsp3) is 0. The molecule has 0 aromatic heterocycles. The molecule has 0 saturated carbocycles. The molecule has 1 saturated heterocycles. The van der Waals surface area contributed by atoms with E-state index >= 15 is 0 Å². The van der Waals surface area contributed by atoms with Crippen LogP contribution in [0.15, 0.2) is 23.1 Å². The molecule has 1 heterocycles. The van der Waals surface area contributed by atoms with Gasteiger partial charge in [0.25, 0.3) is 11.1 Å². The van der Waals surface area contributed by atoms with Crippen molar-refractivity contribution in [1.82, 2.24) is 5.32 Å². The number of benzene rings is 1. The van der Waals surface area contributed by atoms with E-state index in [2.05, 4.69) is 5.32 Å². The summed E-state index contributed by atoms with van der Waals surface area (Å²) in [4.78, 5) is 22.4. The van der Waals surface area contributed by atoms with Crippen molar-refractivity contribution >= 4 is 51.6 Å². The highest BCUT2D eigenvalue weighted by molar-refractivity contribution is 14.1. The van der Waals surface area contributed by atoms with Crippen LogP contribution in [0.5, 0.6) is 0 Å². The van der Waals surface area contributed by atoms with E-state index in [1.165, 1.54) is 12.1 Å². The molecule has 0 spiro atoms. The van der Waals surface area contributed by atoms with Gasteiger partial charge in [0.05, 0.1) is 4.91 Å². The van der Waals surface area contributed by atoms with Crippen LogP contribution in [0.2, 0.25) is 0 Å². The van der Waals surface area contributed by atoms with E-state index in [-0.39, 0.29) is 4.91 Å². The predicted molar refractivity (Wildman–Crippen MR) is 68.2 cm³/mol. The second kappa shape index (κ2) is 4.54. The molecule has 1 fully saturated rings. The van der Waals surface area contributed by atoms with Crippen LogP contribution in [0.1, 0.15) is 5.56 Å². The first-order valence-electron chi connectivity index (χ1n) is 4.26. The van der Waals surface area contributed by atoms with Gasteiger partial charge in [0.2, 0.25) is 0 Å². The lowest BCUT2D eigenvalue weighted by Crippen LogP contribution is -2.17. The first-order valence-corrected chi connectivity index (χ1v) is 6.16. The van der Waals surface area contributed by atoms with Crippen LogP contribution in [0.4, 0.5) is 9.18 Å². The Morgan fingerprint density at radius 2 is 2.12 bits per heavy atom. The predicted octanol–water partition coefficient (Wildman–Crippen LogP) is 2.75. The summed E-state index contributed by atoms with van der Waals surface area (Å²) in [6, 6.07) is 4.57. The van der Waals surface area contributed by atoms with Gasteiger partial charge in [0.15, 0.2) is 0 Å². The zero-order valence-corrected chi connectivity index (χ0v) is 10.8. The largest absolute Gasteiger partial charge is 0.290 e. The standard InChI is InChI=1S/C10H5FINO2S/c11-7-2-1-6(12)3-5(7)4-8-9(14)13-10(15)16-8/h1-4H,(H,13,14,15). The van der Waals surface area contributed by atoms with Gasteiger partial charge in [-0.2, -0.15) is 0 Å². The molecule has 1 aliphatic heterocycles. The number of carbonyl (C=O) groups excluding carboxylic acids is 2. The number of hydrogen-bond donors (Lipinski definition) is 1. The van der Waals surface area contributed by atoms with E-state index in [9.17, 15) is 14.0 Å². The topological polar surface area (TPSA) is 46.2 Å². The van der Waals surface area contributed by atoms with Crippen LogP contribution >= 0.6 is 34.4 Å². The summed E-state index contributed by atoms with van der Waals surface area (Å²) in [5, 5.41) is 1.69. The van der Waals surface area contributed by atoms with E-state index in [0.29, 0.717) is 5.56 Å². The summed E-state index contributed by atoms with van der Waals surface area (Å²) in [6.45, 7) is 0. The highest BCUT2D eigenvalue weighted by Crippen LogP contribution is 2.26. The van der Waals surface area contributed by atoms with Crippen LogP contribution in [-0.2, 0) is 4.79 Å². The summed E-state index contributed by atoms with van der Waals surface area (Å²) < 4.78 is 14.2. The highest BCUT2D eigenvalue weighted by Gasteiger charge is 2.25. The van der Waals surface area contributed by atoms with E-state index in [4.69, 9.17) is 0 Å². The lowest BCUT2D eigenvalue weighted by molar-refractivity contribution is -0.115. The van der Waals surface area contributed by atoms with Crippen molar-refractivity contribution in [3.05, 3.63) is 38.1 Å². The monoisotopic (exact) mass is 349 g/mol. The fourth-order valence-corrected chi connectivity index (χ4v) is 2.38. The summed E-state index contributed by atoms with van der Waals surface area (Å²) in [5.41, 5.74) is 0.305. The van der Waals surface area contributed by atoms with Crippen LogP contribution in [0.25, 0.3) is 6.08 Å². The molecule has 1 N–H and O–H groups in total. The van der Waals surface area contributed by atoms with Gasteiger partial charge in [-0.1, -0.05) is 0 Å². The SMILES string of the molecule is O=C1NC(=O)C(=Cc2cc(I)ccc2F)S1. The van der Waals surface area contributed by atoms with Gasteiger partial charge in [0.1, 0.15) is 5.82 Å². The van der Waals surface area contributed by atoms with E-state index in [0.717, 1.165) is 15.3 Å². The molecule has 1 aromatic carbocycles. The molecule has 82 valence electrons. The van der Waals surface area contributed by atoms with Gasteiger partial charge in [-0.3, -0.25) is 14.9 Å². The Bertz CT molecular complexity index is 516. The Kier molecular flexibility index (Phi) is 3.29. The molecule has 3 nitrogen and oxygen atoms in total. The summed E-state index contributed by atoms with van der Waals surface area (Å²) in [6.07, 6.45) is 1.38. The Balaban J connectivity index is 2.39. The normalized spacial score (nSPS) is 18.0. The molecule has 0 atom stereocenters. The Morgan fingerprint density at radius 1 is 1.38 bits per heavy atom. The number of rotatable bonds is 1. The molecule has 2 amide bonds. The maximum atomic E-state index is 13.4. The molecular formula is C10H5FINO2S. The quantitative estimate of drug-likeness (QED) is 0.627. The lowest BCUT2D eigenvalue weighted by Gasteiger charge is -1.98. The molecule has 0 aliphatic carbocycles. The van der Waals surface area contributed by atoms with Gasteiger partial charge in [-0.15, -0.1) is 0 Å². The molecule has 1 aromatic rings. The van der Waals surface area contributed by atoms with Crippen molar-refractivity contribution < 1.29 is 14.0 Å². The van der Waals surface area contributed by atoms with Crippen molar-refractivity contribution in [2.45, 2.75) is 0 Å². The Labute approximate surface area is 109 Å². The van der Waals surface area contributed by atoms with Crippen LogP contribution in [-0.4, -0.2) is 11.1 Å². The minimum absolute atomic E-state index is 0.214. The maximum absolute atomic E-state index is 13.4. The van der Waals surface area contributed by atoms with Gasteiger partial charge < -0.3 is 0 Å². The Morgan fingerprint density at radius 3 is 2.75 bits per heavy atom. The molecule has 16 heavy (non-hydrogen) atoms. The molecule has 6 heteroatoms. The second-order valence-corrected chi connectivity index (χ2v) is 5.28. The average molecular weight is 349 g/mol. The molecule has 1 aliphatic rings.